The molecule has 1 amide bonds. The first-order valence-electron chi connectivity index (χ1n) is 7.97. The summed E-state index contributed by atoms with van der Waals surface area (Å²) < 4.78 is 5.26. The maximum Gasteiger partial charge on any atom is 0.407 e. The van der Waals surface area contributed by atoms with Crippen molar-refractivity contribution in [3.8, 4) is 0 Å². The summed E-state index contributed by atoms with van der Waals surface area (Å²) in [6, 6.07) is 0.0514. The zero-order valence-corrected chi connectivity index (χ0v) is 14.5. The standard InChI is InChI=1S/C16H24N4O4/c1-10-12(13(21)22)9-17-14(18-10)20-7-5-11(6-8-20)19-15(23)24-16(2,3)4/h9,11H,5-8H2,1-4H3,(H,19,23)(H,21,22). The number of carboxylic acids is 1. The lowest BCUT2D eigenvalue weighted by Gasteiger charge is -2.33. The smallest absolute Gasteiger partial charge is 0.407 e. The molecule has 2 N–H and O–H groups in total. The average molecular weight is 336 g/mol. The highest BCUT2D eigenvalue weighted by molar-refractivity contribution is 5.88. The van der Waals surface area contributed by atoms with Gasteiger partial charge in [0.25, 0.3) is 0 Å². The van der Waals surface area contributed by atoms with Crippen LogP contribution in [0, 0.1) is 6.92 Å². The van der Waals surface area contributed by atoms with E-state index < -0.39 is 17.7 Å². The number of piperidine rings is 1. The van der Waals surface area contributed by atoms with E-state index in [0.717, 1.165) is 12.8 Å². The molecule has 24 heavy (non-hydrogen) atoms. The molecule has 0 spiro atoms. The van der Waals surface area contributed by atoms with Crippen LogP contribution in [-0.4, -0.2) is 51.9 Å². The van der Waals surface area contributed by atoms with E-state index in [1.165, 1.54) is 6.20 Å². The monoisotopic (exact) mass is 336 g/mol. The maximum absolute atomic E-state index is 11.8. The van der Waals surface area contributed by atoms with Gasteiger partial charge in [-0.05, 0) is 40.5 Å². The first-order valence-corrected chi connectivity index (χ1v) is 7.97. The summed E-state index contributed by atoms with van der Waals surface area (Å²) in [6.45, 7) is 8.52. The lowest BCUT2D eigenvalue weighted by atomic mass is 10.1. The van der Waals surface area contributed by atoms with Crippen molar-refractivity contribution < 1.29 is 19.4 Å². The van der Waals surface area contributed by atoms with Crippen molar-refractivity contribution in [2.45, 2.75) is 52.2 Å². The van der Waals surface area contributed by atoms with Gasteiger partial charge in [0.15, 0.2) is 0 Å². The molecule has 1 aromatic rings. The molecule has 8 heteroatoms. The van der Waals surface area contributed by atoms with E-state index in [9.17, 15) is 9.59 Å². The SMILES string of the molecule is Cc1nc(N2CCC(NC(=O)OC(C)(C)C)CC2)ncc1C(=O)O. The molecule has 1 aromatic heterocycles. The molecule has 0 radical (unpaired) electrons. The largest absolute Gasteiger partial charge is 0.478 e. The number of carbonyl (C=O) groups is 2. The Morgan fingerprint density at radius 2 is 1.96 bits per heavy atom. The minimum absolute atomic E-state index is 0.0514. The Morgan fingerprint density at radius 1 is 1.33 bits per heavy atom. The van der Waals surface area contributed by atoms with E-state index >= 15 is 0 Å². The van der Waals surface area contributed by atoms with Crippen LogP contribution >= 0.6 is 0 Å². The Kier molecular flexibility index (Phi) is 5.26. The van der Waals surface area contributed by atoms with Crippen LogP contribution in [0.4, 0.5) is 10.7 Å². The van der Waals surface area contributed by atoms with Gasteiger partial charge in [-0.1, -0.05) is 0 Å². The molecule has 2 heterocycles. The number of hydrogen-bond donors (Lipinski definition) is 2. The summed E-state index contributed by atoms with van der Waals surface area (Å²) in [5.74, 6) is -0.507. The van der Waals surface area contributed by atoms with Gasteiger partial charge in [-0.2, -0.15) is 0 Å². The highest BCUT2D eigenvalue weighted by Crippen LogP contribution is 2.18. The normalized spacial score (nSPS) is 15.9. The van der Waals surface area contributed by atoms with Crippen LogP contribution in [0.15, 0.2) is 6.20 Å². The summed E-state index contributed by atoms with van der Waals surface area (Å²) in [4.78, 5) is 33.2. The number of anilines is 1. The van der Waals surface area contributed by atoms with Gasteiger partial charge < -0.3 is 20.1 Å². The summed E-state index contributed by atoms with van der Waals surface area (Å²) in [7, 11) is 0. The Balaban J connectivity index is 1.90. The van der Waals surface area contributed by atoms with Crippen molar-refractivity contribution in [2.75, 3.05) is 18.0 Å². The number of nitrogens with zero attached hydrogens (tertiary/aromatic N) is 3. The third kappa shape index (κ3) is 4.81. The molecule has 0 bridgehead atoms. The van der Waals surface area contributed by atoms with Gasteiger partial charge >= 0.3 is 12.1 Å². The lowest BCUT2D eigenvalue weighted by molar-refractivity contribution is 0.0496. The van der Waals surface area contributed by atoms with Crippen molar-refractivity contribution in [2.24, 2.45) is 0 Å². The fourth-order valence-corrected chi connectivity index (χ4v) is 2.52. The van der Waals surface area contributed by atoms with Gasteiger partial charge in [0.05, 0.1) is 11.3 Å². The number of aromatic carboxylic acids is 1. The number of hydrogen-bond acceptors (Lipinski definition) is 6. The van der Waals surface area contributed by atoms with Crippen molar-refractivity contribution in [1.29, 1.82) is 0 Å². The summed E-state index contributed by atoms with van der Waals surface area (Å²) in [5, 5.41) is 11.9. The van der Waals surface area contributed by atoms with E-state index in [-0.39, 0.29) is 11.6 Å². The highest BCUT2D eigenvalue weighted by atomic mass is 16.6. The molecule has 132 valence electrons. The second-order valence-electron chi connectivity index (χ2n) is 6.88. The molecular weight excluding hydrogens is 312 g/mol. The van der Waals surface area contributed by atoms with Crippen LogP contribution in [0.25, 0.3) is 0 Å². The Labute approximate surface area is 141 Å². The first-order chi connectivity index (χ1) is 11.2. The molecule has 1 saturated heterocycles. The van der Waals surface area contributed by atoms with Crippen LogP contribution in [0.5, 0.6) is 0 Å². The minimum atomic E-state index is -1.03. The predicted molar refractivity (Wildman–Crippen MR) is 88.3 cm³/mol. The van der Waals surface area contributed by atoms with Gasteiger partial charge in [-0.15, -0.1) is 0 Å². The molecule has 1 aliphatic rings. The van der Waals surface area contributed by atoms with Gasteiger partial charge in [-0.25, -0.2) is 19.6 Å². The fraction of sp³-hybridized carbons (Fsp3) is 0.625. The van der Waals surface area contributed by atoms with Crippen molar-refractivity contribution in [3.05, 3.63) is 17.5 Å². The molecule has 1 fully saturated rings. The van der Waals surface area contributed by atoms with E-state index in [2.05, 4.69) is 15.3 Å². The molecule has 0 saturated carbocycles. The topological polar surface area (TPSA) is 105 Å². The number of nitrogens with one attached hydrogen (secondary N) is 1. The molecular formula is C16H24N4O4. The Morgan fingerprint density at radius 3 is 2.46 bits per heavy atom. The van der Waals surface area contributed by atoms with Crippen LogP contribution in [-0.2, 0) is 4.74 Å². The number of aromatic nitrogens is 2. The summed E-state index contributed by atoms with van der Waals surface area (Å²) >= 11 is 0. The van der Waals surface area contributed by atoms with Gasteiger partial charge in [0.2, 0.25) is 5.95 Å². The van der Waals surface area contributed by atoms with Gasteiger partial charge in [0.1, 0.15) is 5.60 Å². The number of rotatable bonds is 3. The van der Waals surface area contributed by atoms with E-state index in [0.29, 0.717) is 24.7 Å². The third-order valence-electron chi connectivity index (χ3n) is 3.70. The van der Waals surface area contributed by atoms with Crippen molar-refractivity contribution >= 4 is 18.0 Å². The van der Waals surface area contributed by atoms with Crippen LogP contribution < -0.4 is 10.2 Å². The first kappa shape index (κ1) is 18.0. The fourth-order valence-electron chi connectivity index (χ4n) is 2.52. The minimum Gasteiger partial charge on any atom is -0.478 e. The highest BCUT2D eigenvalue weighted by Gasteiger charge is 2.25. The van der Waals surface area contributed by atoms with Gasteiger partial charge in [-0.3, -0.25) is 0 Å². The predicted octanol–water partition coefficient (Wildman–Crippen LogP) is 1.98. The number of carbonyl (C=O) groups excluding carboxylic acids is 1. The molecule has 0 aliphatic carbocycles. The number of amides is 1. The summed E-state index contributed by atoms with van der Waals surface area (Å²) in [5.41, 5.74) is 0.0453. The quantitative estimate of drug-likeness (QED) is 0.869. The number of aryl methyl sites for hydroxylation is 1. The van der Waals surface area contributed by atoms with E-state index in [1.54, 1.807) is 6.92 Å². The Bertz CT molecular complexity index is 619. The Hall–Kier alpha value is -2.38. The zero-order chi connectivity index (χ0) is 17.9. The molecule has 1 aliphatic heterocycles. The lowest BCUT2D eigenvalue weighted by Crippen LogP contribution is -2.46. The van der Waals surface area contributed by atoms with Crippen molar-refractivity contribution in [3.63, 3.8) is 0 Å². The van der Waals surface area contributed by atoms with Crippen LogP contribution in [0.2, 0.25) is 0 Å². The van der Waals surface area contributed by atoms with Crippen LogP contribution in [0.3, 0.4) is 0 Å². The summed E-state index contributed by atoms with van der Waals surface area (Å²) in [6.07, 6.45) is 2.44. The molecule has 0 atom stereocenters. The number of ether oxygens (including phenoxy) is 1. The second kappa shape index (κ2) is 7.02. The van der Waals surface area contributed by atoms with E-state index in [1.807, 2.05) is 25.7 Å². The number of carboxylic acid groups (broad SMARTS) is 1. The van der Waals surface area contributed by atoms with Crippen LogP contribution in [0.1, 0.15) is 49.7 Å². The molecule has 8 nitrogen and oxygen atoms in total. The van der Waals surface area contributed by atoms with Crippen molar-refractivity contribution in [1.82, 2.24) is 15.3 Å². The van der Waals surface area contributed by atoms with E-state index in [4.69, 9.17) is 9.84 Å². The zero-order valence-electron chi connectivity index (χ0n) is 14.5. The average Bonchev–Trinajstić information content (AvgIpc) is 2.45. The van der Waals surface area contributed by atoms with Gasteiger partial charge in [0, 0.05) is 25.3 Å². The second-order valence-corrected chi connectivity index (χ2v) is 6.88. The molecule has 2 rings (SSSR count). The molecule has 0 aromatic carbocycles. The number of alkyl carbamates (subject to hydrolysis) is 1. The molecule has 0 unspecified atom stereocenters. The third-order valence-corrected chi connectivity index (χ3v) is 3.70. The maximum atomic E-state index is 11.8.